The van der Waals surface area contributed by atoms with E-state index in [0.717, 1.165) is 6.42 Å². The minimum Gasteiger partial charge on any atom is -0.352 e. The molecule has 14 heavy (non-hydrogen) atoms. The maximum absolute atomic E-state index is 13.3. The van der Waals surface area contributed by atoms with E-state index in [1.54, 1.807) is 19.1 Å². The summed E-state index contributed by atoms with van der Waals surface area (Å²) in [4.78, 5) is 11.5. The zero-order chi connectivity index (χ0) is 10.6. The Bertz CT molecular complexity index is 316. The van der Waals surface area contributed by atoms with Gasteiger partial charge in [0.25, 0.3) is 5.91 Å². The lowest BCUT2D eigenvalue weighted by Gasteiger charge is -2.07. The predicted octanol–water partition coefficient (Wildman–Crippen LogP) is 2.27. The molecule has 0 unspecified atom stereocenters. The summed E-state index contributed by atoms with van der Waals surface area (Å²) >= 11 is 0. The Labute approximate surface area is 83.1 Å². The fraction of sp³-hybridized carbons (Fsp3) is 0.364. The van der Waals surface area contributed by atoms with Gasteiger partial charge in [-0.05, 0) is 25.0 Å². The van der Waals surface area contributed by atoms with Crippen LogP contribution in [0.3, 0.4) is 0 Å². The summed E-state index contributed by atoms with van der Waals surface area (Å²) in [5, 5.41) is 2.65. The third kappa shape index (κ3) is 2.31. The zero-order valence-electron chi connectivity index (χ0n) is 8.43. The Morgan fingerprint density at radius 2 is 2.21 bits per heavy atom. The second-order valence-corrected chi connectivity index (χ2v) is 3.19. The molecule has 0 heterocycles. The van der Waals surface area contributed by atoms with Crippen LogP contribution in [0.2, 0.25) is 0 Å². The van der Waals surface area contributed by atoms with Gasteiger partial charge >= 0.3 is 0 Å². The van der Waals surface area contributed by atoms with Gasteiger partial charge in [0.15, 0.2) is 0 Å². The summed E-state index contributed by atoms with van der Waals surface area (Å²) in [6.07, 6.45) is 0.846. The van der Waals surface area contributed by atoms with Gasteiger partial charge in [0, 0.05) is 6.54 Å². The van der Waals surface area contributed by atoms with Crippen LogP contribution >= 0.6 is 0 Å². The van der Waals surface area contributed by atoms with Crippen molar-refractivity contribution in [1.29, 1.82) is 0 Å². The van der Waals surface area contributed by atoms with Crippen molar-refractivity contribution in [2.75, 3.05) is 6.54 Å². The third-order valence-electron chi connectivity index (χ3n) is 1.98. The maximum atomic E-state index is 13.3. The summed E-state index contributed by atoms with van der Waals surface area (Å²) in [7, 11) is 0. The number of halogens is 1. The monoisotopic (exact) mass is 195 g/mol. The minimum absolute atomic E-state index is 0.154. The molecule has 0 aliphatic heterocycles. The van der Waals surface area contributed by atoms with Gasteiger partial charge in [-0.25, -0.2) is 4.39 Å². The summed E-state index contributed by atoms with van der Waals surface area (Å²) in [5.74, 6) is -0.791. The van der Waals surface area contributed by atoms with Crippen LogP contribution < -0.4 is 5.32 Å². The summed E-state index contributed by atoms with van der Waals surface area (Å²) in [6, 6.07) is 4.62. The van der Waals surface area contributed by atoms with Gasteiger partial charge in [-0.2, -0.15) is 0 Å². The topological polar surface area (TPSA) is 29.1 Å². The van der Waals surface area contributed by atoms with Gasteiger partial charge < -0.3 is 5.32 Å². The first-order valence-electron chi connectivity index (χ1n) is 4.70. The molecule has 0 atom stereocenters. The van der Waals surface area contributed by atoms with Gasteiger partial charge in [0.2, 0.25) is 0 Å². The second kappa shape index (κ2) is 4.74. The molecule has 76 valence electrons. The SMILES string of the molecule is CCCNC(=O)c1c(C)cccc1F. The largest absolute Gasteiger partial charge is 0.352 e. The number of rotatable bonds is 3. The zero-order valence-corrected chi connectivity index (χ0v) is 8.43. The first-order chi connectivity index (χ1) is 6.66. The molecule has 3 heteroatoms. The molecule has 2 nitrogen and oxygen atoms in total. The van der Waals surface area contributed by atoms with Crippen LogP contribution in [-0.4, -0.2) is 12.5 Å². The van der Waals surface area contributed by atoms with Crippen molar-refractivity contribution >= 4 is 5.91 Å². The van der Waals surface area contributed by atoms with E-state index in [9.17, 15) is 9.18 Å². The quantitative estimate of drug-likeness (QED) is 0.787. The lowest BCUT2D eigenvalue weighted by Crippen LogP contribution is -2.25. The van der Waals surface area contributed by atoms with Crippen LogP contribution in [0.1, 0.15) is 29.3 Å². The number of carbonyl (C=O) groups is 1. The molecular weight excluding hydrogens is 181 g/mol. The Morgan fingerprint density at radius 3 is 2.79 bits per heavy atom. The summed E-state index contributed by atoms with van der Waals surface area (Å²) in [6.45, 7) is 4.25. The molecule has 0 bridgehead atoms. The Kier molecular flexibility index (Phi) is 3.63. The molecule has 0 spiro atoms. The summed E-state index contributed by atoms with van der Waals surface area (Å²) in [5.41, 5.74) is 0.819. The highest BCUT2D eigenvalue weighted by Crippen LogP contribution is 2.11. The molecule has 0 radical (unpaired) electrons. The van der Waals surface area contributed by atoms with E-state index in [0.29, 0.717) is 12.1 Å². The highest BCUT2D eigenvalue weighted by molar-refractivity contribution is 5.95. The molecule has 1 aromatic carbocycles. The fourth-order valence-corrected chi connectivity index (χ4v) is 1.25. The van der Waals surface area contributed by atoms with Crippen molar-refractivity contribution in [2.45, 2.75) is 20.3 Å². The van der Waals surface area contributed by atoms with E-state index >= 15 is 0 Å². The Hall–Kier alpha value is -1.38. The van der Waals surface area contributed by atoms with E-state index in [1.807, 2.05) is 6.92 Å². The maximum Gasteiger partial charge on any atom is 0.254 e. The molecule has 1 N–H and O–H groups in total. The minimum atomic E-state index is -0.460. The number of aryl methyl sites for hydroxylation is 1. The second-order valence-electron chi connectivity index (χ2n) is 3.19. The molecule has 0 aliphatic carbocycles. The van der Waals surface area contributed by atoms with Crippen LogP contribution in [0.5, 0.6) is 0 Å². The molecule has 0 fully saturated rings. The number of carbonyl (C=O) groups excluding carboxylic acids is 1. The van der Waals surface area contributed by atoms with E-state index in [4.69, 9.17) is 0 Å². The van der Waals surface area contributed by atoms with Crippen LogP contribution in [0, 0.1) is 12.7 Å². The number of benzene rings is 1. The molecule has 0 saturated carbocycles. The van der Waals surface area contributed by atoms with Crippen molar-refractivity contribution in [3.8, 4) is 0 Å². The lowest BCUT2D eigenvalue weighted by molar-refractivity contribution is 0.0949. The van der Waals surface area contributed by atoms with Crippen molar-refractivity contribution < 1.29 is 9.18 Å². The van der Waals surface area contributed by atoms with Crippen molar-refractivity contribution in [3.05, 3.63) is 35.1 Å². The lowest BCUT2D eigenvalue weighted by atomic mass is 10.1. The number of amides is 1. The standard InChI is InChI=1S/C11H14FNO/c1-3-7-13-11(14)10-8(2)5-4-6-9(10)12/h4-6H,3,7H2,1-2H3,(H,13,14). The van der Waals surface area contributed by atoms with Crippen LogP contribution in [-0.2, 0) is 0 Å². The average Bonchev–Trinajstić information content (AvgIpc) is 2.14. The average molecular weight is 195 g/mol. The molecular formula is C11H14FNO. The molecule has 0 saturated heterocycles. The highest BCUT2D eigenvalue weighted by atomic mass is 19.1. The van der Waals surface area contributed by atoms with E-state index in [2.05, 4.69) is 5.32 Å². The predicted molar refractivity (Wildman–Crippen MR) is 53.8 cm³/mol. The smallest absolute Gasteiger partial charge is 0.254 e. The molecule has 1 aromatic rings. The van der Waals surface area contributed by atoms with Gasteiger partial charge in [-0.3, -0.25) is 4.79 Å². The van der Waals surface area contributed by atoms with Crippen LogP contribution in [0.15, 0.2) is 18.2 Å². The third-order valence-corrected chi connectivity index (χ3v) is 1.98. The molecule has 0 aromatic heterocycles. The van der Waals surface area contributed by atoms with E-state index in [-0.39, 0.29) is 11.5 Å². The molecule has 1 amide bonds. The van der Waals surface area contributed by atoms with E-state index in [1.165, 1.54) is 6.07 Å². The molecule has 1 rings (SSSR count). The Morgan fingerprint density at radius 1 is 1.50 bits per heavy atom. The first kappa shape index (κ1) is 10.7. The van der Waals surface area contributed by atoms with Crippen LogP contribution in [0.4, 0.5) is 4.39 Å². The van der Waals surface area contributed by atoms with Crippen molar-refractivity contribution in [2.24, 2.45) is 0 Å². The summed E-state index contributed by atoms with van der Waals surface area (Å²) < 4.78 is 13.3. The van der Waals surface area contributed by atoms with Gasteiger partial charge in [-0.15, -0.1) is 0 Å². The van der Waals surface area contributed by atoms with Crippen molar-refractivity contribution in [3.63, 3.8) is 0 Å². The van der Waals surface area contributed by atoms with Crippen LogP contribution in [0.25, 0.3) is 0 Å². The number of hydrogen-bond acceptors (Lipinski definition) is 1. The first-order valence-corrected chi connectivity index (χ1v) is 4.70. The normalized spacial score (nSPS) is 9.93. The molecule has 0 aliphatic rings. The van der Waals surface area contributed by atoms with Gasteiger partial charge in [-0.1, -0.05) is 19.1 Å². The fourth-order valence-electron chi connectivity index (χ4n) is 1.25. The van der Waals surface area contributed by atoms with Gasteiger partial charge in [0.1, 0.15) is 5.82 Å². The number of nitrogens with one attached hydrogen (secondary N) is 1. The highest BCUT2D eigenvalue weighted by Gasteiger charge is 2.12. The van der Waals surface area contributed by atoms with Crippen molar-refractivity contribution in [1.82, 2.24) is 5.32 Å². The number of hydrogen-bond donors (Lipinski definition) is 1. The van der Waals surface area contributed by atoms with Gasteiger partial charge in [0.05, 0.1) is 5.56 Å². The van der Waals surface area contributed by atoms with E-state index < -0.39 is 5.82 Å². The Balaban J connectivity index is 2.89.